The fourth-order valence-electron chi connectivity index (χ4n) is 2.80. The maximum absolute atomic E-state index is 11.6. The van der Waals surface area contributed by atoms with Crippen LogP contribution in [0.25, 0.3) is 0 Å². The third-order valence-electron chi connectivity index (χ3n) is 4.08. The first-order valence-electron chi connectivity index (χ1n) is 7.22. The number of ether oxygens (including phenoxy) is 1. The number of methoxy groups -OCH3 is 1. The summed E-state index contributed by atoms with van der Waals surface area (Å²) in [5.74, 6) is 1.18. The van der Waals surface area contributed by atoms with Gasteiger partial charge >= 0.3 is 0 Å². The summed E-state index contributed by atoms with van der Waals surface area (Å²) in [5.41, 5.74) is 1.12. The first-order valence-corrected chi connectivity index (χ1v) is 9.07. The Labute approximate surface area is 127 Å². The number of sulfonamides is 1. The zero-order valence-corrected chi connectivity index (χ0v) is 13.7. The molecule has 1 saturated heterocycles. The molecule has 0 bridgehead atoms. The van der Waals surface area contributed by atoms with E-state index in [-0.39, 0.29) is 0 Å². The van der Waals surface area contributed by atoms with Gasteiger partial charge in [-0.15, -0.1) is 0 Å². The minimum atomic E-state index is -3.07. The Bertz CT molecular complexity index is 574. The van der Waals surface area contributed by atoms with Crippen molar-refractivity contribution in [1.82, 2.24) is 9.62 Å². The summed E-state index contributed by atoms with van der Waals surface area (Å²) in [6, 6.07) is 8.27. The summed E-state index contributed by atoms with van der Waals surface area (Å²) < 4.78 is 30.1. The highest BCUT2D eigenvalue weighted by atomic mass is 32.2. The molecule has 21 heavy (non-hydrogen) atoms. The van der Waals surface area contributed by atoms with Crippen LogP contribution in [-0.2, 0) is 16.6 Å². The van der Waals surface area contributed by atoms with Crippen molar-refractivity contribution in [3.05, 3.63) is 29.8 Å². The molecule has 0 amide bonds. The molecular weight excluding hydrogens is 288 g/mol. The summed E-state index contributed by atoms with van der Waals surface area (Å²) in [5, 5.41) is 3.53. The van der Waals surface area contributed by atoms with Gasteiger partial charge in [-0.3, -0.25) is 0 Å². The normalized spacial score (nSPS) is 24.0. The van der Waals surface area contributed by atoms with Crippen LogP contribution in [0.5, 0.6) is 5.75 Å². The number of rotatable bonds is 5. The third kappa shape index (κ3) is 4.18. The molecule has 0 saturated carbocycles. The predicted octanol–water partition coefficient (Wildman–Crippen LogP) is 1.45. The van der Waals surface area contributed by atoms with Crippen LogP contribution in [0, 0.1) is 5.92 Å². The van der Waals surface area contributed by atoms with Gasteiger partial charge in [0.05, 0.1) is 13.4 Å². The minimum Gasteiger partial charge on any atom is -0.496 e. The number of piperidine rings is 1. The lowest BCUT2D eigenvalue weighted by Crippen LogP contribution is -2.49. The Hall–Kier alpha value is -1.11. The first-order chi connectivity index (χ1) is 9.91. The zero-order valence-electron chi connectivity index (χ0n) is 12.9. The lowest BCUT2D eigenvalue weighted by atomic mass is 9.95. The van der Waals surface area contributed by atoms with Gasteiger partial charge in [0.15, 0.2) is 0 Å². The topological polar surface area (TPSA) is 58.6 Å². The fraction of sp³-hybridized carbons (Fsp3) is 0.600. The van der Waals surface area contributed by atoms with Crippen LogP contribution in [-0.4, -0.2) is 45.2 Å². The van der Waals surface area contributed by atoms with Crippen LogP contribution >= 0.6 is 0 Å². The van der Waals surface area contributed by atoms with Crippen molar-refractivity contribution in [2.24, 2.45) is 5.92 Å². The summed E-state index contributed by atoms with van der Waals surface area (Å²) in [6.45, 7) is 4.00. The summed E-state index contributed by atoms with van der Waals surface area (Å²) in [4.78, 5) is 0. The molecule has 1 aliphatic heterocycles. The van der Waals surface area contributed by atoms with Crippen LogP contribution in [0.2, 0.25) is 0 Å². The summed E-state index contributed by atoms with van der Waals surface area (Å²) in [6.07, 6.45) is 2.12. The molecule has 1 aromatic carbocycles. The summed E-state index contributed by atoms with van der Waals surface area (Å²) in [7, 11) is -1.40. The van der Waals surface area contributed by atoms with Crippen LogP contribution in [0.1, 0.15) is 18.9 Å². The van der Waals surface area contributed by atoms with E-state index in [1.54, 1.807) is 11.4 Å². The van der Waals surface area contributed by atoms with E-state index in [2.05, 4.69) is 12.2 Å². The van der Waals surface area contributed by atoms with Gasteiger partial charge in [-0.2, -0.15) is 0 Å². The molecule has 0 spiro atoms. The average molecular weight is 312 g/mol. The number of nitrogens with zero attached hydrogens (tertiary/aromatic N) is 1. The van der Waals surface area contributed by atoms with E-state index in [0.717, 1.165) is 24.3 Å². The molecule has 0 unspecified atom stereocenters. The van der Waals surface area contributed by atoms with Crippen molar-refractivity contribution in [3.63, 3.8) is 0 Å². The van der Waals surface area contributed by atoms with Crippen molar-refractivity contribution >= 4 is 10.0 Å². The van der Waals surface area contributed by atoms with Gasteiger partial charge in [0.1, 0.15) is 5.75 Å². The molecule has 118 valence electrons. The van der Waals surface area contributed by atoms with Crippen molar-refractivity contribution in [2.75, 3.05) is 26.5 Å². The number of hydrogen-bond donors (Lipinski definition) is 1. The number of para-hydroxylation sites is 1. The quantitative estimate of drug-likeness (QED) is 0.894. The third-order valence-corrected chi connectivity index (χ3v) is 5.35. The summed E-state index contributed by atoms with van der Waals surface area (Å²) >= 11 is 0. The Kier molecular flexibility index (Phi) is 5.24. The number of benzene rings is 1. The van der Waals surface area contributed by atoms with Gasteiger partial charge in [0, 0.05) is 31.2 Å². The van der Waals surface area contributed by atoms with E-state index in [9.17, 15) is 8.42 Å². The van der Waals surface area contributed by atoms with E-state index < -0.39 is 10.0 Å². The molecule has 1 aromatic rings. The molecule has 5 nitrogen and oxygen atoms in total. The molecule has 1 fully saturated rings. The smallest absolute Gasteiger partial charge is 0.211 e. The van der Waals surface area contributed by atoms with Crippen LogP contribution in [0.4, 0.5) is 0 Å². The molecular formula is C15H24N2O3S. The fourth-order valence-corrected chi connectivity index (χ4v) is 3.74. The molecule has 1 N–H and O–H groups in total. The number of nitrogens with one attached hydrogen (secondary N) is 1. The van der Waals surface area contributed by atoms with Crippen LogP contribution in [0.3, 0.4) is 0 Å². The highest BCUT2D eigenvalue weighted by Gasteiger charge is 2.30. The molecule has 1 aliphatic rings. The standard InChI is InChI=1S/C15H24N2O3S/c1-12-11-17(21(3,18)19)9-8-14(12)16-10-13-6-4-5-7-15(13)20-2/h4-7,12,14,16H,8-11H2,1-3H3/t12-,14+/m0/s1. The Morgan fingerprint density at radius 3 is 2.71 bits per heavy atom. The van der Waals surface area contributed by atoms with Gasteiger partial charge in [-0.1, -0.05) is 25.1 Å². The molecule has 2 atom stereocenters. The second-order valence-electron chi connectivity index (χ2n) is 5.69. The zero-order chi connectivity index (χ0) is 15.5. The van der Waals surface area contributed by atoms with E-state index in [4.69, 9.17) is 4.74 Å². The minimum absolute atomic E-state index is 0.295. The molecule has 0 radical (unpaired) electrons. The molecule has 6 heteroatoms. The van der Waals surface area contributed by atoms with Crippen molar-refractivity contribution < 1.29 is 13.2 Å². The van der Waals surface area contributed by atoms with E-state index in [0.29, 0.717) is 25.0 Å². The van der Waals surface area contributed by atoms with Gasteiger partial charge < -0.3 is 10.1 Å². The highest BCUT2D eigenvalue weighted by molar-refractivity contribution is 7.88. The maximum Gasteiger partial charge on any atom is 0.211 e. The van der Waals surface area contributed by atoms with Gasteiger partial charge in [0.2, 0.25) is 10.0 Å². The molecule has 2 rings (SSSR count). The largest absolute Gasteiger partial charge is 0.496 e. The lowest BCUT2D eigenvalue weighted by molar-refractivity contribution is 0.219. The molecule has 0 aliphatic carbocycles. The average Bonchev–Trinajstić information content (AvgIpc) is 2.45. The maximum atomic E-state index is 11.6. The van der Waals surface area contributed by atoms with E-state index in [1.807, 2.05) is 24.3 Å². The van der Waals surface area contributed by atoms with Crippen LogP contribution in [0.15, 0.2) is 24.3 Å². The second-order valence-corrected chi connectivity index (χ2v) is 7.67. The number of hydrogen-bond acceptors (Lipinski definition) is 4. The van der Waals surface area contributed by atoms with Crippen molar-refractivity contribution in [1.29, 1.82) is 0 Å². The molecule has 1 heterocycles. The van der Waals surface area contributed by atoms with Gasteiger partial charge in [0.25, 0.3) is 0 Å². The van der Waals surface area contributed by atoms with E-state index >= 15 is 0 Å². The monoisotopic (exact) mass is 312 g/mol. The van der Waals surface area contributed by atoms with Gasteiger partial charge in [-0.05, 0) is 18.4 Å². The van der Waals surface area contributed by atoms with Crippen molar-refractivity contribution in [2.45, 2.75) is 25.9 Å². The van der Waals surface area contributed by atoms with E-state index in [1.165, 1.54) is 6.26 Å². The van der Waals surface area contributed by atoms with Gasteiger partial charge in [-0.25, -0.2) is 12.7 Å². The Morgan fingerprint density at radius 2 is 2.10 bits per heavy atom. The van der Waals surface area contributed by atoms with Crippen molar-refractivity contribution in [3.8, 4) is 5.75 Å². The molecule has 0 aromatic heterocycles. The predicted molar refractivity (Wildman–Crippen MR) is 83.8 cm³/mol. The Balaban J connectivity index is 1.93. The SMILES string of the molecule is COc1ccccc1CN[C@@H]1CCN(S(C)(=O)=O)C[C@@H]1C. The first kappa shape index (κ1) is 16.3. The highest BCUT2D eigenvalue weighted by Crippen LogP contribution is 2.21. The second kappa shape index (κ2) is 6.77. The van der Waals surface area contributed by atoms with Crippen LogP contribution < -0.4 is 10.1 Å². The Morgan fingerprint density at radius 1 is 1.38 bits per heavy atom. The lowest BCUT2D eigenvalue weighted by Gasteiger charge is -2.36.